The Kier molecular flexibility index (Phi) is 17.9. The molecule has 19 heteroatoms. The van der Waals surface area contributed by atoms with Gasteiger partial charge in [-0.05, 0) is 52.9 Å². The predicted molar refractivity (Wildman–Crippen MR) is 278 cm³/mol. The van der Waals surface area contributed by atoms with E-state index in [9.17, 15) is 34.8 Å². The number of terminal acetylenes is 2. The van der Waals surface area contributed by atoms with E-state index in [1.807, 2.05) is 19.0 Å². The van der Waals surface area contributed by atoms with Crippen LogP contribution >= 0.6 is 22.6 Å². The maximum atomic E-state index is 15.0. The first-order valence-corrected chi connectivity index (χ1v) is 25.4. The van der Waals surface area contributed by atoms with Gasteiger partial charge in [-0.25, -0.2) is 4.99 Å². The summed E-state index contributed by atoms with van der Waals surface area (Å²) in [5.41, 5.74) is -0.688. The number of phenolic OH excluding ortho intramolecular Hbond substituents is 2. The Morgan fingerprint density at radius 3 is 2.38 bits per heavy atom. The zero-order valence-electron chi connectivity index (χ0n) is 42.3. The molecule has 18 nitrogen and oxygen atoms in total. The van der Waals surface area contributed by atoms with Crippen LogP contribution in [-0.4, -0.2) is 148 Å². The monoisotopic (exact) mass is 1110 g/mol. The number of nitrogens with one attached hydrogen (secondary N) is 2. The summed E-state index contributed by atoms with van der Waals surface area (Å²) < 4.78 is 24.5. The number of aliphatic hydroxyl groups is 2. The lowest BCUT2D eigenvalue weighted by Crippen LogP contribution is -2.47. The molecule has 2 aromatic carbocycles. The number of likely N-dealkylation sites (tertiary alicyclic amines) is 1. The molecule has 0 radical (unpaired) electrons. The minimum Gasteiger partial charge on any atom is -0.507 e. The van der Waals surface area contributed by atoms with Crippen LogP contribution in [0, 0.1) is 55.3 Å². The number of allylic oxidation sites excluding steroid dienone is 2. The number of alkyl halides is 1. The van der Waals surface area contributed by atoms with Gasteiger partial charge in [0.25, 0.3) is 11.7 Å². The number of benzene rings is 2. The number of hydrogen-bond acceptors (Lipinski definition) is 16. The van der Waals surface area contributed by atoms with Crippen molar-refractivity contribution < 1.29 is 58.6 Å². The molecule has 4 aliphatic heterocycles. The molecule has 0 saturated carbocycles. The highest BCUT2D eigenvalue weighted by Crippen LogP contribution is 2.51. The molecule has 4 bridgehead atoms. The highest BCUT2D eigenvalue weighted by Gasteiger charge is 2.53. The molecule has 1 fully saturated rings. The maximum Gasteiger partial charge on any atom is 0.383 e. The first-order valence-electron chi connectivity index (χ1n) is 24.1. The fourth-order valence-electron chi connectivity index (χ4n) is 9.76. The number of ether oxygens (including phenoxy) is 4. The van der Waals surface area contributed by atoms with Gasteiger partial charge in [0.1, 0.15) is 40.4 Å². The Bertz CT molecular complexity index is 2750. The topological polar surface area (TPSA) is 241 Å². The van der Waals surface area contributed by atoms with Gasteiger partial charge in [-0.2, -0.15) is 0 Å². The number of hydrogen-bond donors (Lipinski definition) is 6. The molecule has 1 spiro atoms. The number of aromatic hydroxyl groups is 2. The van der Waals surface area contributed by atoms with Crippen molar-refractivity contribution in [2.75, 3.05) is 59.2 Å². The van der Waals surface area contributed by atoms with Gasteiger partial charge in [-0.3, -0.25) is 24.2 Å². The SMILES string of the molecule is C#C[C@H]1[C@@H](OC(=O)CC(=O)NCCCN(C)C)[C@H](C)[C@H](O)[C@H](C)[C@@H](O)[C@@H](C)/C=C/C=C(/C)C(=O)N=c2c(O)c3c(O)c(C)c4c(c3c3c2=NC2(CCN(CC(C)I)CC2)N3)C(=O)[C@@](C#C)(O/C=C/[C@@H]1OC)O4. The highest BCUT2D eigenvalue weighted by molar-refractivity contribution is 14.1. The molecule has 10 atom stereocenters. The number of ketones is 1. The second-order valence-electron chi connectivity index (χ2n) is 19.6. The number of phenols is 2. The highest BCUT2D eigenvalue weighted by atomic mass is 127. The van der Waals surface area contributed by atoms with Crippen LogP contribution in [0.2, 0.25) is 0 Å². The average molecular weight is 1110 g/mol. The number of rotatable bonds is 10. The van der Waals surface area contributed by atoms with Crippen molar-refractivity contribution in [1.82, 2.24) is 15.1 Å². The van der Waals surface area contributed by atoms with Crippen molar-refractivity contribution in [2.24, 2.45) is 33.7 Å². The number of halogens is 1. The summed E-state index contributed by atoms with van der Waals surface area (Å²) in [5.74, 6) is -5.53. The number of Topliss-reactive ketones (excluding diaryl/α,β-unsaturated/α-hetero) is 1. The van der Waals surface area contributed by atoms with Crippen LogP contribution in [0.25, 0.3) is 10.8 Å². The third-order valence-corrected chi connectivity index (χ3v) is 14.4. The predicted octanol–water partition coefficient (Wildman–Crippen LogP) is 3.58. The van der Waals surface area contributed by atoms with E-state index in [1.165, 1.54) is 33.1 Å². The van der Waals surface area contributed by atoms with E-state index in [2.05, 4.69) is 61.9 Å². The Hall–Kier alpha value is -5.55. The third-order valence-electron chi connectivity index (χ3n) is 14.0. The van der Waals surface area contributed by atoms with Gasteiger partial charge >= 0.3 is 11.8 Å². The van der Waals surface area contributed by atoms with E-state index in [4.69, 9.17) is 36.8 Å². The van der Waals surface area contributed by atoms with Gasteiger partial charge in [0.05, 0.1) is 47.1 Å². The van der Waals surface area contributed by atoms with Crippen molar-refractivity contribution in [2.45, 2.75) is 107 Å². The van der Waals surface area contributed by atoms with Crippen LogP contribution in [0.4, 0.5) is 5.69 Å². The maximum absolute atomic E-state index is 15.0. The number of methoxy groups -OCH3 is 1. The zero-order chi connectivity index (χ0) is 53.0. The molecule has 4 heterocycles. The molecule has 0 aliphatic carbocycles. The Balaban J connectivity index is 1.49. The standard InChI is InChI=1S/C53H67IN6O12/c1-12-34-35(69-11)18-25-70-53(13-2)50(67)40-38-39(46(65)33(8)49(40)72-53)47(66)43(42-41(38)57-52(58-42)19-23-60(24-20-52)27-30(5)54)56-51(68)29(4)17-14-16-28(3)44(63)31(6)45(64)32(7)48(34)71-37(62)26-36(61)55-21-15-22-59(9)10/h1-2,14,16-18,25,28,30-32,34-35,44-45,48,57,63-66H,15,19-24,26-27H2,3-11H3,(H,55,61)/b16-14+,25-18+,29-17-,56-43?/t28-,30?,31+,32+,34+,35-,44-,45+,48-,53-/m0/s1. The molecule has 4 aliphatic rings. The number of piperidine rings is 1. The van der Waals surface area contributed by atoms with Crippen molar-refractivity contribution in [1.29, 1.82) is 0 Å². The van der Waals surface area contributed by atoms with E-state index in [1.54, 1.807) is 32.9 Å². The molecular formula is C53H67IN6O12. The fourth-order valence-corrected chi connectivity index (χ4v) is 10.3. The lowest BCUT2D eigenvalue weighted by molar-refractivity contribution is -0.162. The number of aliphatic hydroxyl groups excluding tert-OH is 2. The van der Waals surface area contributed by atoms with Crippen LogP contribution in [0.1, 0.15) is 76.2 Å². The minimum absolute atomic E-state index is 0.0211. The third kappa shape index (κ3) is 11.5. The number of carbonyl (C=O) groups excluding carboxylic acids is 4. The van der Waals surface area contributed by atoms with Crippen LogP contribution in [0.3, 0.4) is 0 Å². The lowest BCUT2D eigenvalue weighted by atomic mass is 9.78. The van der Waals surface area contributed by atoms with Crippen molar-refractivity contribution in [3.8, 4) is 41.9 Å². The molecular weight excluding hydrogens is 1040 g/mol. The summed E-state index contributed by atoms with van der Waals surface area (Å²) >= 11 is 2.38. The van der Waals surface area contributed by atoms with Crippen molar-refractivity contribution >= 4 is 62.6 Å². The number of anilines is 1. The normalized spacial score (nSPS) is 29.6. The molecule has 388 valence electrons. The van der Waals surface area contributed by atoms with E-state index in [0.717, 1.165) is 12.8 Å². The number of carbonyl (C=O) groups is 4. The largest absolute Gasteiger partial charge is 0.507 e. The molecule has 1 unspecified atom stereocenters. The zero-order valence-corrected chi connectivity index (χ0v) is 44.5. The second kappa shape index (κ2) is 23.1. The number of fused-ring (bicyclic) bond motifs is 1. The van der Waals surface area contributed by atoms with E-state index < -0.39 is 101 Å². The smallest absolute Gasteiger partial charge is 0.383 e. The minimum atomic E-state index is -2.49. The summed E-state index contributed by atoms with van der Waals surface area (Å²) in [6.45, 7) is 13.3. The summed E-state index contributed by atoms with van der Waals surface area (Å²) in [6, 6.07) is 0. The van der Waals surface area contributed by atoms with Gasteiger partial charge < -0.3 is 59.8 Å². The molecule has 6 N–H and O–H groups in total. The van der Waals surface area contributed by atoms with Gasteiger partial charge in [0.15, 0.2) is 5.75 Å². The quantitative estimate of drug-likeness (QED) is 0.0379. The second-order valence-corrected chi connectivity index (χ2v) is 21.7. The molecule has 2 amide bonds. The average Bonchev–Trinajstić information content (AvgIpc) is 3.86. The summed E-state index contributed by atoms with van der Waals surface area (Å²) in [6.07, 6.45) is 15.3. The Morgan fingerprint density at radius 2 is 1.75 bits per heavy atom. The van der Waals surface area contributed by atoms with E-state index >= 15 is 4.79 Å². The molecule has 1 saturated heterocycles. The fraction of sp³-hybridized carbons (Fsp3) is 0.547. The first-order chi connectivity index (χ1) is 34.0. The number of nitrogens with zero attached hydrogens (tertiary/aromatic N) is 4. The van der Waals surface area contributed by atoms with E-state index in [0.29, 0.717) is 49.4 Å². The van der Waals surface area contributed by atoms with Gasteiger partial charge in [0.2, 0.25) is 5.91 Å². The summed E-state index contributed by atoms with van der Waals surface area (Å²) in [4.78, 5) is 69.2. The first kappa shape index (κ1) is 55.8. The van der Waals surface area contributed by atoms with Crippen molar-refractivity contribution in [3.63, 3.8) is 0 Å². The van der Waals surface area contributed by atoms with Gasteiger partial charge in [0, 0.05) is 84.3 Å². The number of amides is 2. The van der Waals surface area contributed by atoms with E-state index in [-0.39, 0.29) is 49.6 Å². The number of esters is 1. The van der Waals surface area contributed by atoms with Crippen LogP contribution < -0.4 is 26.1 Å². The van der Waals surface area contributed by atoms with Gasteiger partial charge in [-0.15, -0.1) is 12.8 Å². The Labute approximate surface area is 434 Å². The Morgan fingerprint density at radius 1 is 1.06 bits per heavy atom. The molecule has 0 aromatic heterocycles. The van der Waals surface area contributed by atoms with Crippen molar-refractivity contribution in [3.05, 3.63) is 58.0 Å². The van der Waals surface area contributed by atoms with Gasteiger partial charge in [-0.1, -0.05) is 74.4 Å². The molecule has 2 aromatic rings. The lowest BCUT2D eigenvalue weighted by Gasteiger charge is -2.38. The summed E-state index contributed by atoms with van der Waals surface area (Å²) in [5, 5.41) is 53.6. The van der Waals surface area contributed by atoms with Crippen LogP contribution in [0.5, 0.6) is 17.2 Å². The molecule has 72 heavy (non-hydrogen) atoms. The summed E-state index contributed by atoms with van der Waals surface area (Å²) in [7, 11) is 5.13. The molecule has 6 rings (SSSR count). The van der Waals surface area contributed by atoms with Crippen LogP contribution in [0.15, 0.2) is 46.1 Å². The van der Waals surface area contributed by atoms with Crippen LogP contribution in [-0.2, 0) is 28.6 Å².